The number of halogens is 1. The van der Waals surface area contributed by atoms with Gasteiger partial charge in [-0.3, -0.25) is 4.79 Å². The van der Waals surface area contributed by atoms with E-state index in [0.29, 0.717) is 35.5 Å². The van der Waals surface area contributed by atoms with Gasteiger partial charge in [0.05, 0.1) is 0 Å². The van der Waals surface area contributed by atoms with Gasteiger partial charge in [-0.25, -0.2) is 4.39 Å². The van der Waals surface area contributed by atoms with Crippen molar-refractivity contribution in [3.05, 3.63) is 40.7 Å². The molecule has 6 nitrogen and oxygen atoms in total. The van der Waals surface area contributed by atoms with Crippen molar-refractivity contribution in [1.29, 1.82) is 0 Å². The molecule has 2 saturated carbocycles. The standard InChI is InChI=1S/C26H37FN4O2/c1-15(2)11-18-12-20(13-18)26-30-29-25(31(26)21-5-6-21)19(9-10-32)14-24(33)28-23-8-7-22(27)16(3)17(23)4/h7-8,15,18-21,32H,5-6,9-14H2,1-4H3,(H,28,33)/t18-,19-,20+/m0/s1. The number of aliphatic hydroxyl groups excluding tert-OH is 1. The van der Waals surface area contributed by atoms with Crippen LogP contribution in [0.25, 0.3) is 0 Å². The normalized spacial score (nSPS) is 21.2. The third kappa shape index (κ3) is 5.29. The maximum atomic E-state index is 13.8. The Morgan fingerprint density at radius 2 is 1.94 bits per heavy atom. The predicted octanol–water partition coefficient (Wildman–Crippen LogP) is 5.40. The number of hydrogen-bond acceptors (Lipinski definition) is 4. The van der Waals surface area contributed by atoms with E-state index in [0.717, 1.165) is 48.8 Å². The second-order valence-corrected chi connectivity index (χ2v) is 10.5. The molecule has 0 radical (unpaired) electrons. The Kier molecular flexibility index (Phi) is 7.17. The van der Waals surface area contributed by atoms with Crippen molar-refractivity contribution in [1.82, 2.24) is 14.8 Å². The summed E-state index contributed by atoms with van der Waals surface area (Å²) in [5.74, 6) is 3.19. The highest BCUT2D eigenvalue weighted by Gasteiger charge is 2.39. The van der Waals surface area contributed by atoms with Crippen LogP contribution >= 0.6 is 0 Å². The number of anilines is 1. The molecule has 4 rings (SSSR count). The summed E-state index contributed by atoms with van der Waals surface area (Å²) in [5, 5.41) is 21.8. The van der Waals surface area contributed by atoms with Gasteiger partial charge in [0, 0.05) is 36.6 Å². The van der Waals surface area contributed by atoms with Crippen LogP contribution in [-0.4, -0.2) is 32.4 Å². The first kappa shape index (κ1) is 23.9. The Balaban J connectivity index is 1.49. The molecule has 1 aromatic carbocycles. The molecule has 2 aliphatic carbocycles. The van der Waals surface area contributed by atoms with Crippen LogP contribution in [0.1, 0.15) is 99.4 Å². The molecule has 7 heteroatoms. The molecular weight excluding hydrogens is 419 g/mol. The molecule has 2 aromatic rings. The first-order chi connectivity index (χ1) is 15.8. The average molecular weight is 457 g/mol. The van der Waals surface area contributed by atoms with Gasteiger partial charge in [-0.15, -0.1) is 10.2 Å². The fourth-order valence-corrected chi connectivity index (χ4v) is 5.21. The Labute approximate surface area is 196 Å². The number of aromatic nitrogens is 3. The molecule has 0 aliphatic heterocycles. The van der Waals surface area contributed by atoms with Crippen molar-refractivity contribution in [2.45, 2.75) is 90.5 Å². The molecule has 0 unspecified atom stereocenters. The maximum absolute atomic E-state index is 13.8. The van der Waals surface area contributed by atoms with E-state index in [-0.39, 0.29) is 30.7 Å². The van der Waals surface area contributed by atoms with Gasteiger partial charge < -0.3 is 15.0 Å². The van der Waals surface area contributed by atoms with E-state index in [1.807, 2.05) is 0 Å². The molecule has 0 saturated heterocycles. The van der Waals surface area contributed by atoms with Crippen LogP contribution in [0, 0.1) is 31.5 Å². The maximum Gasteiger partial charge on any atom is 0.225 e. The summed E-state index contributed by atoms with van der Waals surface area (Å²) < 4.78 is 16.1. The highest BCUT2D eigenvalue weighted by atomic mass is 19.1. The summed E-state index contributed by atoms with van der Waals surface area (Å²) in [6.45, 7) is 8.05. The fraction of sp³-hybridized carbons (Fsp3) is 0.654. The molecule has 2 fully saturated rings. The van der Waals surface area contributed by atoms with E-state index in [9.17, 15) is 14.3 Å². The lowest BCUT2D eigenvalue weighted by Crippen LogP contribution is -2.26. The number of hydrogen-bond donors (Lipinski definition) is 2. The molecule has 2 aliphatic rings. The third-order valence-electron chi connectivity index (χ3n) is 7.34. The van der Waals surface area contributed by atoms with Gasteiger partial charge in [-0.1, -0.05) is 13.8 Å². The molecule has 1 heterocycles. The van der Waals surface area contributed by atoms with Crippen LogP contribution in [0.5, 0.6) is 0 Å². The minimum atomic E-state index is -0.277. The smallest absolute Gasteiger partial charge is 0.225 e. The second-order valence-electron chi connectivity index (χ2n) is 10.5. The van der Waals surface area contributed by atoms with Crippen LogP contribution in [0.2, 0.25) is 0 Å². The number of rotatable bonds is 10. The fourth-order valence-electron chi connectivity index (χ4n) is 5.21. The van der Waals surface area contributed by atoms with Crippen molar-refractivity contribution in [2.75, 3.05) is 11.9 Å². The van der Waals surface area contributed by atoms with Crippen LogP contribution in [0.3, 0.4) is 0 Å². The number of benzene rings is 1. The number of nitrogens with zero attached hydrogens (tertiary/aromatic N) is 3. The number of carbonyl (C=O) groups is 1. The van der Waals surface area contributed by atoms with Crippen LogP contribution in [0.4, 0.5) is 10.1 Å². The van der Waals surface area contributed by atoms with E-state index < -0.39 is 0 Å². The van der Waals surface area contributed by atoms with Crippen molar-refractivity contribution in [3.8, 4) is 0 Å². The second kappa shape index (κ2) is 9.92. The van der Waals surface area contributed by atoms with E-state index in [1.54, 1.807) is 19.9 Å². The molecule has 1 aromatic heterocycles. The van der Waals surface area contributed by atoms with Gasteiger partial charge in [0.25, 0.3) is 0 Å². The van der Waals surface area contributed by atoms with E-state index >= 15 is 0 Å². The summed E-state index contributed by atoms with van der Waals surface area (Å²) in [6, 6.07) is 3.40. The quantitative estimate of drug-likeness (QED) is 0.501. The molecule has 2 N–H and O–H groups in total. The Bertz CT molecular complexity index is 992. The van der Waals surface area contributed by atoms with E-state index in [1.165, 1.54) is 12.5 Å². The largest absolute Gasteiger partial charge is 0.396 e. The summed E-state index contributed by atoms with van der Waals surface area (Å²) in [6.07, 6.45) is 6.49. The Morgan fingerprint density at radius 3 is 2.58 bits per heavy atom. The van der Waals surface area contributed by atoms with Gasteiger partial charge in [0.2, 0.25) is 5.91 Å². The van der Waals surface area contributed by atoms with Gasteiger partial charge in [0.15, 0.2) is 0 Å². The summed E-state index contributed by atoms with van der Waals surface area (Å²) in [5.41, 5.74) is 1.89. The topological polar surface area (TPSA) is 80.0 Å². The number of aliphatic hydroxyl groups is 1. The highest BCUT2D eigenvalue weighted by Crippen LogP contribution is 2.48. The number of nitrogens with one attached hydrogen (secondary N) is 1. The minimum absolute atomic E-state index is 0.0145. The van der Waals surface area contributed by atoms with Crippen molar-refractivity contribution < 1.29 is 14.3 Å². The third-order valence-corrected chi connectivity index (χ3v) is 7.34. The van der Waals surface area contributed by atoms with Gasteiger partial charge in [0.1, 0.15) is 17.5 Å². The van der Waals surface area contributed by atoms with Gasteiger partial charge >= 0.3 is 0 Å². The zero-order valence-electron chi connectivity index (χ0n) is 20.3. The van der Waals surface area contributed by atoms with Crippen molar-refractivity contribution in [3.63, 3.8) is 0 Å². The zero-order chi connectivity index (χ0) is 23.7. The van der Waals surface area contributed by atoms with Gasteiger partial charge in [-0.2, -0.15) is 0 Å². The molecular formula is C26H37FN4O2. The highest BCUT2D eigenvalue weighted by molar-refractivity contribution is 5.92. The minimum Gasteiger partial charge on any atom is -0.396 e. The van der Waals surface area contributed by atoms with Crippen LogP contribution < -0.4 is 5.32 Å². The van der Waals surface area contributed by atoms with E-state index in [4.69, 9.17) is 0 Å². The molecule has 33 heavy (non-hydrogen) atoms. The summed E-state index contributed by atoms with van der Waals surface area (Å²) in [7, 11) is 0. The first-order valence-electron chi connectivity index (χ1n) is 12.4. The number of amides is 1. The summed E-state index contributed by atoms with van der Waals surface area (Å²) >= 11 is 0. The number of carbonyl (C=O) groups excluding carboxylic acids is 1. The van der Waals surface area contributed by atoms with E-state index in [2.05, 4.69) is 33.9 Å². The van der Waals surface area contributed by atoms with Gasteiger partial charge in [-0.05, 0) is 87.5 Å². The molecule has 1 amide bonds. The van der Waals surface area contributed by atoms with Crippen LogP contribution in [-0.2, 0) is 4.79 Å². The van der Waals surface area contributed by atoms with Crippen molar-refractivity contribution >= 4 is 11.6 Å². The Hall–Kier alpha value is -2.28. The monoisotopic (exact) mass is 456 g/mol. The lowest BCUT2D eigenvalue weighted by atomic mass is 9.71. The zero-order valence-corrected chi connectivity index (χ0v) is 20.3. The summed E-state index contributed by atoms with van der Waals surface area (Å²) in [4.78, 5) is 12.9. The first-order valence-corrected chi connectivity index (χ1v) is 12.4. The molecule has 1 atom stereocenters. The molecule has 0 spiro atoms. The molecule has 0 bridgehead atoms. The van der Waals surface area contributed by atoms with Crippen LogP contribution in [0.15, 0.2) is 12.1 Å². The Morgan fingerprint density at radius 1 is 1.21 bits per heavy atom. The lowest BCUT2D eigenvalue weighted by Gasteiger charge is -2.36. The SMILES string of the molecule is Cc1c(F)ccc(NC(=O)C[C@H](CCO)c2nnc([C@H]3C[C@@H](CC(C)C)C3)n2C2CC2)c1C. The average Bonchev–Trinajstić information content (AvgIpc) is 3.49. The van der Waals surface area contributed by atoms with Crippen molar-refractivity contribution in [2.24, 2.45) is 11.8 Å². The molecule has 180 valence electrons. The predicted molar refractivity (Wildman–Crippen MR) is 127 cm³/mol. The lowest BCUT2D eigenvalue weighted by molar-refractivity contribution is -0.116.